The van der Waals surface area contributed by atoms with Gasteiger partial charge in [-0.2, -0.15) is 0 Å². The lowest BCUT2D eigenvalue weighted by Crippen LogP contribution is -2.50. The van der Waals surface area contributed by atoms with Crippen LogP contribution in [0.4, 0.5) is 0 Å². The Hall–Kier alpha value is -1.10. The number of para-hydroxylation sites is 1. The summed E-state index contributed by atoms with van der Waals surface area (Å²) in [6.07, 6.45) is 5.41. The van der Waals surface area contributed by atoms with E-state index in [9.17, 15) is 0 Å². The lowest BCUT2D eigenvalue weighted by atomic mass is 9.73. The van der Waals surface area contributed by atoms with Gasteiger partial charge in [0.25, 0.3) is 0 Å². The zero-order valence-corrected chi connectivity index (χ0v) is 13.0. The summed E-state index contributed by atoms with van der Waals surface area (Å²) < 4.78 is 11.9. The number of fused-ring (bicyclic) bond motifs is 1. The number of benzene rings is 1. The number of hydrazine groups is 1. The lowest BCUT2D eigenvalue weighted by Gasteiger charge is -2.44. The van der Waals surface area contributed by atoms with Crippen LogP contribution in [-0.2, 0) is 11.2 Å². The van der Waals surface area contributed by atoms with Gasteiger partial charge in [0.15, 0.2) is 0 Å². The van der Waals surface area contributed by atoms with Crippen LogP contribution in [-0.4, -0.2) is 19.3 Å². The molecule has 0 saturated heterocycles. The molecule has 1 atom stereocenters. The van der Waals surface area contributed by atoms with Crippen molar-refractivity contribution in [3.8, 4) is 5.75 Å². The van der Waals surface area contributed by atoms with Crippen molar-refractivity contribution in [1.29, 1.82) is 0 Å². The second kappa shape index (κ2) is 5.95. The van der Waals surface area contributed by atoms with Crippen molar-refractivity contribution in [3.63, 3.8) is 0 Å². The van der Waals surface area contributed by atoms with Crippen LogP contribution >= 0.6 is 0 Å². The van der Waals surface area contributed by atoms with Crippen molar-refractivity contribution in [3.05, 3.63) is 29.3 Å². The molecule has 116 valence electrons. The van der Waals surface area contributed by atoms with Gasteiger partial charge in [-0.1, -0.05) is 25.1 Å². The summed E-state index contributed by atoms with van der Waals surface area (Å²) in [6, 6.07) is 6.33. The monoisotopic (exact) mass is 290 g/mol. The Morgan fingerprint density at radius 3 is 2.81 bits per heavy atom. The summed E-state index contributed by atoms with van der Waals surface area (Å²) in [5.41, 5.74) is 5.21. The third-order valence-electron chi connectivity index (χ3n) is 5.28. The molecule has 1 heterocycles. The van der Waals surface area contributed by atoms with E-state index in [2.05, 4.69) is 30.5 Å². The Kier molecular flexibility index (Phi) is 4.20. The minimum Gasteiger partial charge on any atom is -0.493 e. The van der Waals surface area contributed by atoms with Gasteiger partial charge in [0.2, 0.25) is 0 Å². The summed E-state index contributed by atoms with van der Waals surface area (Å²) in [7, 11) is 1.81. The highest BCUT2D eigenvalue weighted by molar-refractivity contribution is 5.46. The van der Waals surface area contributed by atoms with E-state index in [1.165, 1.54) is 18.4 Å². The number of nitrogens with two attached hydrogens (primary N) is 1. The van der Waals surface area contributed by atoms with E-state index in [0.717, 1.165) is 43.1 Å². The van der Waals surface area contributed by atoms with E-state index in [0.29, 0.717) is 0 Å². The van der Waals surface area contributed by atoms with Gasteiger partial charge in [0.1, 0.15) is 5.75 Å². The molecule has 21 heavy (non-hydrogen) atoms. The van der Waals surface area contributed by atoms with Gasteiger partial charge >= 0.3 is 0 Å². The first kappa shape index (κ1) is 14.8. The van der Waals surface area contributed by atoms with Crippen LogP contribution in [0.2, 0.25) is 0 Å². The fourth-order valence-corrected chi connectivity index (χ4v) is 3.85. The zero-order chi connectivity index (χ0) is 14.9. The molecular weight excluding hydrogens is 264 g/mol. The molecule has 0 bridgehead atoms. The lowest BCUT2D eigenvalue weighted by molar-refractivity contribution is -0.0765. The third-order valence-corrected chi connectivity index (χ3v) is 5.28. The fraction of sp³-hybridized carbons (Fsp3) is 0.647. The molecule has 1 aromatic carbocycles. The first-order valence-electron chi connectivity index (χ1n) is 7.96. The van der Waals surface area contributed by atoms with Crippen LogP contribution in [0.25, 0.3) is 0 Å². The minimum absolute atomic E-state index is 0.0250. The maximum Gasteiger partial charge on any atom is 0.127 e. The van der Waals surface area contributed by atoms with Gasteiger partial charge in [-0.15, -0.1) is 0 Å². The van der Waals surface area contributed by atoms with Crippen molar-refractivity contribution in [2.45, 2.75) is 50.7 Å². The third kappa shape index (κ3) is 2.56. The molecule has 1 fully saturated rings. The van der Waals surface area contributed by atoms with Gasteiger partial charge in [-0.25, -0.2) is 5.43 Å². The van der Waals surface area contributed by atoms with E-state index in [1.54, 1.807) is 0 Å². The van der Waals surface area contributed by atoms with E-state index in [-0.39, 0.29) is 11.6 Å². The molecule has 4 heteroatoms. The molecule has 2 aliphatic rings. The largest absolute Gasteiger partial charge is 0.493 e. The van der Waals surface area contributed by atoms with Crippen molar-refractivity contribution in [1.82, 2.24) is 5.43 Å². The highest BCUT2D eigenvalue weighted by atomic mass is 16.5. The van der Waals surface area contributed by atoms with Gasteiger partial charge in [0, 0.05) is 19.1 Å². The highest BCUT2D eigenvalue weighted by Crippen LogP contribution is 2.46. The maximum absolute atomic E-state index is 6.00. The molecule has 1 unspecified atom stereocenters. The van der Waals surface area contributed by atoms with Crippen molar-refractivity contribution in [2.75, 3.05) is 13.7 Å². The van der Waals surface area contributed by atoms with E-state index in [1.807, 2.05) is 7.11 Å². The molecule has 3 N–H and O–H groups in total. The number of rotatable bonds is 4. The van der Waals surface area contributed by atoms with Crippen molar-refractivity contribution in [2.24, 2.45) is 11.8 Å². The SMILES string of the molecule is COC1(C(NN)c2cccc3c2OCC3)CCC(C)CC1. The van der Waals surface area contributed by atoms with Crippen LogP contribution in [0.1, 0.15) is 49.8 Å². The molecule has 1 aliphatic heterocycles. The van der Waals surface area contributed by atoms with Crippen LogP contribution in [0.3, 0.4) is 0 Å². The Labute approximate surface area is 127 Å². The second-order valence-corrected chi connectivity index (χ2v) is 6.49. The molecule has 1 saturated carbocycles. The molecule has 0 radical (unpaired) electrons. The highest BCUT2D eigenvalue weighted by Gasteiger charge is 2.43. The molecule has 1 aliphatic carbocycles. The number of hydrogen-bond acceptors (Lipinski definition) is 4. The normalized spacial score (nSPS) is 29.8. The molecule has 0 aromatic heterocycles. The number of nitrogens with one attached hydrogen (secondary N) is 1. The molecule has 3 rings (SSSR count). The number of methoxy groups -OCH3 is 1. The van der Waals surface area contributed by atoms with Crippen LogP contribution in [0, 0.1) is 5.92 Å². The molecule has 0 spiro atoms. The van der Waals surface area contributed by atoms with Crippen LogP contribution < -0.4 is 16.0 Å². The van der Waals surface area contributed by atoms with E-state index >= 15 is 0 Å². The minimum atomic E-state index is -0.234. The summed E-state index contributed by atoms with van der Waals surface area (Å²) in [6.45, 7) is 3.08. The van der Waals surface area contributed by atoms with Gasteiger partial charge in [0.05, 0.1) is 18.2 Å². The Bertz CT molecular complexity index is 496. The summed E-state index contributed by atoms with van der Waals surface area (Å²) in [5, 5.41) is 0. The predicted molar refractivity (Wildman–Crippen MR) is 83.1 cm³/mol. The van der Waals surface area contributed by atoms with E-state index in [4.69, 9.17) is 15.3 Å². The quantitative estimate of drug-likeness (QED) is 0.661. The van der Waals surface area contributed by atoms with Gasteiger partial charge in [-0.05, 0) is 37.2 Å². The smallest absolute Gasteiger partial charge is 0.127 e. The summed E-state index contributed by atoms with van der Waals surface area (Å²) >= 11 is 0. The number of hydrogen-bond donors (Lipinski definition) is 2. The Balaban J connectivity index is 1.96. The second-order valence-electron chi connectivity index (χ2n) is 6.49. The van der Waals surface area contributed by atoms with Gasteiger partial charge in [-0.3, -0.25) is 5.84 Å². The summed E-state index contributed by atoms with van der Waals surface area (Å²) in [5.74, 6) is 7.72. The predicted octanol–water partition coefficient (Wildman–Crippen LogP) is 2.72. The Morgan fingerprint density at radius 2 is 2.14 bits per heavy atom. The first-order chi connectivity index (χ1) is 10.2. The van der Waals surface area contributed by atoms with Crippen LogP contribution in [0.15, 0.2) is 18.2 Å². The summed E-state index contributed by atoms with van der Waals surface area (Å²) in [4.78, 5) is 0. The standard InChI is InChI=1S/C17H26N2O2/c1-12-6-9-17(20-2,10-7-12)16(19-18)14-5-3-4-13-8-11-21-15(13)14/h3-5,12,16,19H,6-11,18H2,1-2H3. The van der Waals surface area contributed by atoms with Crippen molar-refractivity contribution < 1.29 is 9.47 Å². The molecule has 4 nitrogen and oxygen atoms in total. The molecule has 1 aromatic rings. The average molecular weight is 290 g/mol. The first-order valence-corrected chi connectivity index (χ1v) is 7.96. The van der Waals surface area contributed by atoms with Gasteiger partial charge < -0.3 is 9.47 Å². The molecule has 0 amide bonds. The fourth-order valence-electron chi connectivity index (χ4n) is 3.85. The maximum atomic E-state index is 6.00. The number of ether oxygens (including phenoxy) is 2. The zero-order valence-electron chi connectivity index (χ0n) is 13.0. The van der Waals surface area contributed by atoms with Crippen LogP contribution in [0.5, 0.6) is 5.75 Å². The molecular formula is C17H26N2O2. The van der Waals surface area contributed by atoms with E-state index < -0.39 is 0 Å². The topological polar surface area (TPSA) is 56.5 Å². The Morgan fingerprint density at radius 1 is 1.38 bits per heavy atom. The average Bonchev–Trinajstić information content (AvgIpc) is 2.99. The van der Waals surface area contributed by atoms with Crippen molar-refractivity contribution >= 4 is 0 Å².